The number of pyridine rings is 1. The summed E-state index contributed by atoms with van der Waals surface area (Å²) in [6.07, 6.45) is 0. The maximum atomic E-state index is 4.61. The zero-order valence-corrected chi connectivity index (χ0v) is 11.2. The molecule has 2 nitrogen and oxygen atoms in total. The predicted molar refractivity (Wildman–Crippen MR) is 79.2 cm³/mol. The average Bonchev–Trinajstić information content (AvgIpc) is 2.41. The van der Waals surface area contributed by atoms with Crippen LogP contribution in [-0.4, -0.2) is 4.98 Å². The molecule has 3 heteroatoms. The number of para-hydroxylation sites is 2. The van der Waals surface area contributed by atoms with Crippen molar-refractivity contribution in [3.8, 4) is 0 Å². The van der Waals surface area contributed by atoms with Crippen LogP contribution in [0.15, 0.2) is 65.1 Å². The van der Waals surface area contributed by atoms with E-state index in [0.717, 1.165) is 26.9 Å². The van der Waals surface area contributed by atoms with Crippen LogP contribution in [-0.2, 0) is 0 Å². The molecule has 0 radical (unpaired) electrons. The number of hydrogen-bond acceptors (Lipinski definition) is 2. The van der Waals surface area contributed by atoms with E-state index in [4.69, 9.17) is 0 Å². The normalized spacial score (nSPS) is 10.5. The Hall–Kier alpha value is -1.87. The second-order valence-electron chi connectivity index (χ2n) is 4.00. The van der Waals surface area contributed by atoms with Gasteiger partial charge in [0.25, 0.3) is 0 Å². The van der Waals surface area contributed by atoms with Gasteiger partial charge >= 0.3 is 0 Å². The number of fused-ring (bicyclic) bond motifs is 1. The Balaban J connectivity index is 2.01. The highest BCUT2D eigenvalue weighted by atomic mass is 79.9. The van der Waals surface area contributed by atoms with Crippen molar-refractivity contribution >= 4 is 38.3 Å². The minimum absolute atomic E-state index is 0.848. The molecule has 0 spiro atoms. The smallest absolute Gasteiger partial charge is 0.131 e. The lowest BCUT2D eigenvalue weighted by molar-refractivity contribution is 1.36. The number of rotatable bonds is 2. The standard InChI is InChI=1S/C15H11BrN2/c16-13-8-4-5-11-9-10-14(18-15(11)13)17-12-6-2-1-3-7-12/h1-10H,(H,17,18). The van der Waals surface area contributed by atoms with Gasteiger partial charge in [0.2, 0.25) is 0 Å². The fraction of sp³-hybridized carbons (Fsp3) is 0. The highest BCUT2D eigenvalue weighted by Gasteiger charge is 2.01. The van der Waals surface area contributed by atoms with Crippen molar-refractivity contribution < 1.29 is 0 Å². The van der Waals surface area contributed by atoms with Crippen LogP contribution in [0.5, 0.6) is 0 Å². The van der Waals surface area contributed by atoms with Crippen molar-refractivity contribution in [2.75, 3.05) is 5.32 Å². The maximum absolute atomic E-state index is 4.61. The molecule has 0 saturated heterocycles. The van der Waals surface area contributed by atoms with Crippen molar-refractivity contribution in [2.45, 2.75) is 0 Å². The third kappa shape index (κ3) is 2.22. The Labute approximate surface area is 114 Å². The van der Waals surface area contributed by atoms with E-state index in [1.807, 2.05) is 48.5 Å². The Morgan fingerprint density at radius 3 is 2.50 bits per heavy atom. The first kappa shape index (κ1) is 11.2. The molecule has 88 valence electrons. The Kier molecular flexibility index (Phi) is 2.99. The van der Waals surface area contributed by atoms with E-state index in [0.29, 0.717) is 0 Å². The van der Waals surface area contributed by atoms with Crippen molar-refractivity contribution in [1.29, 1.82) is 0 Å². The van der Waals surface area contributed by atoms with Gasteiger partial charge in [-0.2, -0.15) is 0 Å². The minimum atomic E-state index is 0.848. The molecular weight excluding hydrogens is 288 g/mol. The molecule has 3 rings (SSSR count). The van der Waals surface area contributed by atoms with Gasteiger partial charge in [0, 0.05) is 15.5 Å². The summed E-state index contributed by atoms with van der Waals surface area (Å²) in [6, 6.07) is 20.2. The molecule has 0 bridgehead atoms. The number of nitrogens with one attached hydrogen (secondary N) is 1. The van der Waals surface area contributed by atoms with Crippen LogP contribution in [0.3, 0.4) is 0 Å². The highest BCUT2D eigenvalue weighted by molar-refractivity contribution is 9.10. The van der Waals surface area contributed by atoms with Gasteiger partial charge in [0.05, 0.1) is 5.52 Å². The summed E-state index contributed by atoms with van der Waals surface area (Å²) in [5.74, 6) is 0.848. The van der Waals surface area contributed by atoms with Gasteiger partial charge in [-0.25, -0.2) is 4.98 Å². The molecule has 0 unspecified atom stereocenters. The molecule has 0 saturated carbocycles. The number of hydrogen-bond donors (Lipinski definition) is 1. The lowest BCUT2D eigenvalue weighted by Gasteiger charge is -2.07. The quantitative estimate of drug-likeness (QED) is 0.739. The second kappa shape index (κ2) is 4.78. The van der Waals surface area contributed by atoms with Crippen LogP contribution < -0.4 is 5.32 Å². The lowest BCUT2D eigenvalue weighted by atomic mass is 10.2. The van der Waals surface area contributed by atoms with Crippen LogP contribution in [0.1, 0.15) is 0 Å². The van der Waals surface area contributed by atoms with Gasteiger partial charge in [-0.1, -0.05) is 30.3 Å². The molecule has 18 heavy (non-hydrogen) atoms. The topological polar surface area (TPSA) is 24.9 Å². The number of nitrogens with zero attached hydrogens (tertiary/aromatic N) is 1. The van der Waals surface area contributed by atoms with Crippen molar-refractivity contribution in [2.24, 2.45) is 0 Å². The van der Waals surface area contributed by atoms with E-state index in [1.54, 1.807) is 0 Å². The number of anilines is 2. The second-order valence-corrected chi connectivity index (χ2v) is 4.85. The van der Waals surface area contributed by atoms with Crippen LogP contribution in [0.25, 0.3) is 10.9 Å². The monoisotopic (exact) mass is 298 g/mol. The van der Waals surface area contributed by atoms with E-state index in [1.165, 1.54) is 0 Å². The number of aromatic nitrogens is 1. The number of halogens is 1. The zero-order valence-electron chi connectivity index (χ0n) is 9.60. The van der Waals surface area contributed by atoms with E-state index in [2.05, 4.69) is 38.4 Å². The summed E-state index contributed by atoms with van der Waals surface area (Å²) in [5, 5.41) is 4.42. The van der Waals surface area contributed by atoms with Gasteiger partial charge in [-0.05, 0) is 46.3 Å². The lowest BCUT2D eigenvalue weighted by Crippen LogP contribution is -1.93. The van der Waals surface area contributed by atoms with Crippen LogP contribution in [0.4, 0.5) is 11.5 Å². The molecule has 0 aliphatic carbocycles. The molecule has 3 aromatic rings. The largest absolute Gasteiger partial charge is 0.340 e. The van der Waals surface area contributed by atoms with Gasteiger partial charge in [-0.3, -0.25) is 0 Å². The molecule has 1 N–H and O–H groups in total. The third-order valence-corrected chi connectivity index (χ3v) is 3.36. The minimum Gasteiger partial charge on any atom is -0.340 e. The summed E-state index contributed by atoms with van der Waals surface area (Å²) in [7, 11) is 0. The molecule has 1 heterocycles. The first-order valence-electron chi connectivity index (χ1n) is 5.70. The summed E-state index contributed by atoms with van der Waals surface area (Å²) in [6.45, 7) is 0. The van der Waals surface area contributed by atoms with E-state index in [9.17, 15) is 0 Å². The zero-order chi connectivity index (χ0) is 12.4. The van der Waals surface area contributed by atoms with E-state index >= 15 is 0 Å². The Morgan fingerprint density at radius 1 is 0.833 bits per heavy atom. The van der Waals surface area contributed by atoms with Crippen LogP contribution in [0, 0.1) is 0 Å². The van der Waals surface area contributed by atoms with E-state index < -0.39 is 0 Å². The molecular formula is C15H11BrN2. The summed E-state index contributed by atoms with van der Waals surface area (Å²) < 4.78 is 1.01. The first-order valence-corrected chi connectivity index (χ1v) is 6.49. The molecule has 2 aromatic carbocycles. The third-order valence-electron chi connectivity index (χ3n) is 2.72. The average molecular weight is 299 g/mol. The molecule has 0 aliphatic heterocycles. The van der Waals surface area contributed by atoms with Crippen LogP contribution >= 0.6 is 15.9 Å². The van der Waals surface area contributed by atoms with Crippen molar-refractivity contribution in [3.63, 3.8) is 0 Å². The summed E-state index contributed by atoms with van der Waals surface area (Å²) in [4.78, 5) is 4.61. The maximum Gasteiger partial charge on any atom is 0.131 e. The fourth-order valence-electron chi connectivity index (χ4n) is 1.85. The summed E-state index contributed by atoms with van der Waals surface area (Å²) >= 11 is 3.53. The van der Waals surface area contributed by atoms with Crippen molar-refractivity contribution in [1.82, 2.24) is 4.98 Å². The first-order chi connectivity index (χ1) is 8.83. The summed E-state index contributed by atoms with van der Waals surface area (Å²) in [5.41, 5.74) is 2.01. The van der Waals surface area contributed by atoms with Gasteiger partial charge < -0.3 is 5.32 Å². The molecule has 0 amide bonds. The SMILES string of the molecule is Brc1cccc2ccc(Nc3ccccc3)nc12. The molecule has 0 atom stereocenters. The molecule has 0 aliphatic rings. The Bertz CT molecular complexity index is 680. The van der Waals surface area contributed by atoms with Gasteiger partial charge in [0.1, 0.15) is 5.82 Å². The van der Waals surface area contributed by atoms with Crippen LogP contribution in [0.2, 0.25) is 0 Å². The van der Waals surface area contributed by atoms with Crippen molar-refractivity contribution in [3.05, 3.63) is 65.1 Å². The van der Waals surface area contributed by atoms with Gasteiger partial charge in [0.15, 0.2) is 0 Å². The molecule has 1 aromatic heterocycles. The fourth-order valence-corrected chi connectivity index (χ4v) is 2.32. The predicted octanol–water partition coefficient (Wildman–Crippen LogP) is 4.74. The number of benzene rings is 2. The highest BCUT2D eigenvalue weighted by Crippen LogP contribution is 2.24. The van der Waals surface area contributed by atoms with Gasteiger partial charge in [-0.15, -0.1) is 0 Å². The molecule has 0 fully saturated rings. The Morgan fingerprint density at radius 2 is 1.67 bits per heavy atom. The van der Waals surface area contributed by atoms with E-state index in [-0.39, 0.29) is 0 Å².